The minimum absolute atomic E-state index is 0.0912. The molecule has 0 radical (unpaired) electrons. The number of fused-ring (bicyclic) bond motifs is 1. The van der Waals surface area contributed by atoms with Crippen LogP contribution in [0.5, 0.6) is 0 Å². The number of rotatable bonds is 8. The lowest BCUT2D eigenvalue weighted by molar-refractivity contribution is -0.138. The number of carboxylic acids is 1. The monoisotopic (exact) mass is 538 g/mol. The molecule has 2 fully saturated rings. The van der Waals surface area contributed by atoms with Gasteiger partial charge in [0, 0.05) is 50.0 Å². The van der Waals surface area contributed by atoms with Crippen LogP contribution in [0, 0.1) is 0 Å². The number of piperazine rings is 1. The number of aliphatic imine (C=N–C) groups is 1. The van der Waals surface area contributed by atoms with Crippen LogP contribution >= 0.6 is 11.3 Å². The van der Waals surface area contributed by atoms with Crippen molar-refractivity contribution in [3.05, 3.63) is 63.7 Å². The summed E-state index contributed by atoms with van der Waals surface area (Å²) in [6.07, 6.45) is 1.55. The molecule has 0 aliphatic carbocycles. The van der Waals surface area contributed by atoms with Crippen molar-refractivity contribution in [2.24, 2.45) is 4.99 Å². The van der Waals surface area contributed by atoms with Gasteiger partial charge in [-0.25, -0.2) is 14.6 Å². The molecule has 5 rings (SSSR count). The molecule has 2 aromatic rings. The Morgan fingerprint density at radius 1 is 1.24 bits per heavy atom. The third kappa shape index (κ3) is 5.14. The molecule has 11 nitrogen and oxygen atoms in total. The number of thiazole rings is 1. The molecule has 12 heteroatoms. The SMILES string of the molecule is COC(=O)C1=C(CN2CCN3C(=O)N(C(CC(=O)O)c4ccccc4)C[C@@H]3C2)NC(c2nccs2)=N[C@H]1C. The Morgan fingerprint density at radius 3 is 2.71 bits per heavy atom. The topological polar surface area (TPSA) is 128 Å². The Kier molecular flexibility index (Phi) is 7.43. The van der Waals surface area contributed by atoms with Gasteiger partial charge in [-0.1, -0.05) is 30.3 Å². The van der Waals surface area contributed by atoms with Crippen LogP contribution < -0.4 is 5.32 Å². The summed E-state index contributed by atoms with van der Waals surface area (Å²) in [4.78, 5) is 52.4. The maximum Gasteiger partial charge on any atom is 0.337 e. The molecule has 4 heterocycles. The smallest absolute Gasteiger partial charge is 0.337 e. The van der Waals surface area contributed by atoms with Gasteiger partial charge in [0.25, 0.3) is 0 Å². The standard InChI is InChI=1S/C26H30N6O5S/c1-16-22(25(35)37-2)19(29-23(28-16)24-27-8-11-38-24)15-30-9-10-31-18(13-30)14-32(26(31)36)20(12-21(33)34)17-6-4-3-5-7-17/h3-8,11,16,18,20H,9-10,12-15H2,1-2H3,(H,28,29)(H,33,34)/t16-,18-,20?/m0/s1. The van der Waals surface area contributed by atoms with Crippen LogP contribution in [0.15, 0.2) is 58.2 Å². The van der Waals surface area contributed by atoms with E-state index in [1.54, 1.807) is 11.1 Å². The average Bonchev–Trinajstić information content (AvgIpc) is 3.56. The molecular formula is C26H30N6O5S. The van der Waals surface area contributed by atoms with Crippen molar-refractivity contribution < 1.29 is 24.2 Å². The molecule has 3 aliphatic heterocycles. The fourth-order valence-corrected chi connectivity index (χ4v) is 5.99. The van der Waals surface area contributed by atoms with Gasteiger partial charge in [-0.3, -0.25) is 14.7 Å². The van der Waals surface area contributed by atoms with Crippen LogP contribution in [0.2, 0.25) is 0 Å². The Labute approximate surface area is 224 Å². The third-order valence-electron chi connectivity index (χ3n) is 7.15. The quantitative estimate of drug-likeness (QED) is 0.488. The van der Waals surface area contributed by atoms with Crippen LogP contribution in [-0.4, -0.2) is 101 Å². The third-order valence-corrected chi connectivity index (χ3v) is 7.93. The number of carbonyl (C=O) groups is 3. The number of hydrogen-bond donors (Lipinski definition) is 2. The van der Waals surface area contributed by atoms with Gasteiger partial charge in [0.15, 0.2) is 10.8 Å². The second kappa shape index (κ2) is 10.9. The Morgan fingerprint density at radius 2 is 2.03 bits per heavy atom. The van der Waals surface area contributed by atoms with Crippen molar-refractivity contribution in [1.29, 1.82) is 0 Å². The molecule has 2 saturated heterocycles. The summed E-state index contributed by atoms with van der Waals surface area (Å²) in [5, 5.41) is 15.5. The zero-order valence-corrected chi connectivity index (χ0v) is 22.1. The van der Waals surface area contributed by atoms with E-state index in [2.05, 4.69) is 20.2 Å². The van der Waals surface area contributed by atoms with E-state index in [0.717, 1.165) is 10.6 Å². The van der Waals surface area contributed by atoms with Crippen LogP contribution in [0.25, 0.3) is 0 Å². The molecule has 0 spiro atoms. The molecule has 200 valence electrons. The number of nitrogens with zero attached hydrogens (tertiary/aromatic N) is 5. The first-order valence-corrected chi connectivity index (χ1v) is 13.4. The molecule has 2 N–H and O–H groups in total. The van der Waals surface area contributed by atoms with E-state index in [0.29, 0.717) is 49.8 Å². The van der Waals surface area contributed by atoms with Crippen molar-refractivity contribution in [3.8, 4) is 0 Å². The highest BCUT2D eigenvalue weighted by Crippen LogP contribution is 2.32. The zero-order valence-electron chi connectivity index (χ0n) is 21.2. The largest absolute Gasteiger partial charge is 0.481 e. The number of aliphatic carboxylic acids is 1. The Balaban J connectivity index is 1.33. The number of hydrogen-bond acceptors (Lipinski definition) is 9. The minimum atomic E-state index is -0.949. The van der Waals surface area contributed by atoms with Crippen LogP contribution in [0.3, 0.4) is 0 Å². The number of amidine groups is 1. The molecule has 1 aromatic carbocycles. The Hall–Kier alpha value is -3.77. The first-order chi connectivity index (χ1) is 18.4. The highest BCUT2D eigenvalue weighted by Gasteiger charge is 2.44. The average molecular weight is 539 g/mol. The number of carboxylic acid groups (broad SMARTS) is 1. The first-order valence-electron chi connectivity index (χ1n) is 12.5. The van der Waals surface area contributed by atoms with Crippen molar-refractivity contribution in [2.75, 3.05) is 39.8 Å². The maximum absolute atomic E-state index is 13.4. The fraction of sp³-hybridized carbons (Fsp3) is 0.423. The minimum Gasteiger partial charge on any atom is -0.481 e. The summed E-state index contributed by atoms with van der Waals surface area (Å²) in [6, 6.07) is 8.15. The van der Waals surface area contributed by atoms with Gasteiger partial charge in [-0.2, -0.15) is 0 Å². The zero-order chi connectivity index (χ0) is 26.8. The number of carbonyl (C=O) groups excluding carboxylic acids is 2. The van der Waals surface area contributed by atoms with E-state index >= 15 is 0 Å². The summed E-state index contributed by atoms with van der Waals surface area (Å²) in [7, 11) is 1.36. The van der Waals surface area contributed by atoms with Gasteiger partial charge in [-0.15, -0.1) is 11.3 Å². The lowest BCUT2D eigenvalue weighted by atomic mass is 10.0. The normalized spacial score (nSPS) is 22.6. The number of benzene rings is 1. The van der Waals surface area contributed by atoms with Crippen LogP contribution in [0.4, 0.5) is 4.79 Å². The predicted octanol–water partition coefficient (Wildman–Crippen LogP) is 1.95. The molecule has 0 bridgehead atoms. The second-order valence-corrected chi connectivity index (χ2v) is 10.4. The fourth-order valence-electron chi connectivity index (χ4n) is 5.40. The van der Waals surface area contributed by atoms with E-state index in [4.69, 9.17) is 4.74 Å². The predicted molar refractivity (Wildman–Crippen MR) is 141 cm³/mol. The van der Waals surface area contributed by atoms with Crippen molar-refractivity contribution in [2.45, 2.75) is 31.5 Å². The number of esters is 1. The second-order valence-electron chi connectivity index (χ2n) is 9.54. The van der Waals surface area contributed by atoms with Gasteiger partial charge < -0.3 is 25.0 Å². The molecule has 38 heavy (non-hydrogen) atoms. The van der Waals surface area contributed by atoms with Crippen molar-refractivity contribution >= 4 is 35.1 Å². The number of ether oxygens (including phenoxy) is 1. The van der Waals surface area contributed by atoms with E-state index in [1.165, 1.54) is 18.4 Å². The number of urea groups is 1. The summed E-state index contributed by atoms with van der Waals surface area (Å²) >= 11 is 1.46. The molecule has 0 saturated carbocycles. The van der Waals surface area contributed by atoms with Gasteiger partial charge in [-0.05, 0) is 12.5 Å². The van der Waals surface area contributed by atoms with E-state index in [-0.39, 0.29) is 18.5 Å². The number of nitrogens with one attached hydrogen (secondary N) is 1. The Bertz CT molecular complexity index is 1260. The highest BCUT2D eigenvalue weighted by molar-refractivity contribution is 7.11. The molecule has 3 aliphatic rings. The molecule has 3 atom stereocenters. The number of amides is 2. The van der Waals surface area contributed by atoms with E-state index in [9.17, 15) is 19.5 Å². The van der Waals surface area contributed by atoms with Crippen molar-refractivity contribution in [3.63, 3.8) is 0 Å². The van der Waals surface area contributed by atoms with E-state index < -0.39 is 24.0 Å². The highest BCUT2D eigenvalue weighted by atomic mass is 32.1. The summed E-state index contributed by atoms with van der Waals surface area (Å²) < 4.78 is 5.06. The van der Waals surface area contributed by atoms with Crippen LogP contribution in [0.1, 0.15) is 30.0 Å². The molecular weight excluding hydrogens is 508 g/mol. The summed E-state index contributed by atoms with van der Waals surface area (Å²) in [5.41, 5.74) is 2.00. The summed E-state index contributed by atoms with van der Waals surface area (Å²) in [6.45, 7) is 4.46. The van der Waals surface area contributed by atoms with Gasteiger partial charge in [0.05, 0.1) is 37.2 Å². The first kappa shape index (κ1) is 25.9. The lowest BCUT2D eigenvalue weighted by Crippen LogP contribution is -2.53. The van der Waals surface area contributed by atoms with Crippen LogP contribution in [-0.2, 0) is 14.3 Å². The molecule has 1 aromatic heterocycles. The molecule has 2 amide bonds. The molecule has 1 unspecified atom stereocenters. The van der Waals surface area contributed by atoms with Gasteiger partial charge >= 0.3 is 18.0 Å². The lowest BCUT2D eigenvalue weighted by Gasteiger charge is -2.37. The maximum atomic E-state index is 13.4. The van der Waals surface area contributed by atoms with Crippen molar-refractivity contribution in [1.82, 2.24) is 25.0 Å². The number of aromatic nitrogens is 1. The van der Waals surface area contributed by atoms with Gasteiger partial charge in [0.2, 0.25) is 0 Å². The van der Waals surface area contributed by atoms with E-state index in [1.807, 2.05) is 47.5 Å². The number of methoxy groups -OCH3 is 1. The van der Waals surface area contributed by atoms with Gasteiger partial charge in [0.1, 0.15) is 0 Å². The summed E-state index contributed by atoms with van der Waals surface area (Å²) in [5.74, 6) is -0.756.